The first-order valence-corrected chi connectivity index (χ1v) is 9.00. The maximum Gasteiger partial charge on any atom is 0.259 e. The number of nitrogens with one attached hydrogen (secondary N) is 1. The maximum atomic E-state index is 12.5. The van der Waals surface area contributed by atoms with Crippen molar-refractivity contribution in [1.29, 1.82) is 5.26 Å². The zero-order valence-electron chi connectivity index (χ0n) is 14.2. The van der Waals surface area contributed by atoms with Crippen molar-refractivity contribution < 1.29 is 9.59 Å². The highest BCUT2D eigenvalue weighted by molar-refractivity contribution is 9.10. The van der Waals surface area contributed by atoms with E-state index >= 15 is 0 Å². The van der Waals surface area contributed by atoms with E-state index in [1.807, 2.05) is 24.3 Å². The van der Waals surface area contributed by atoms with Crippen LogP contribution in [0, 0.1) is 11.3 Å². The minimum atomic E-state index is -0.641. The standard InChI is InChI=1S/C20H13BrN4O2/c1-11(26)18-17(12-6-8-13(21)9-7-12)15(10-22)19-23-20(27)14-4-2-3-5-16(14)25(19)24-18/h2-9,17H,1H3,(H,23,27). The Hall–Kier alpha value is -3.24. The van der Waals surface area contributed by atoms with Crippen LogP contribution in [0.4, 0.5) is 5.69 Å². The Labute approximate surface area is 163 Å². The van der Waals surface area contributed by atoms with Crippen molar-refractivity contribution in [3.05, 3.63) is 75.5 Å². The third kappa shape index (κ3) is 2.75. The number of ketones is 1. The van der Waals surface area contributed by atoms with Gasteiger partial charge in [-0.1, -0.05) is 40.2 Å². The van der Waals surface area contributed by atoms with Crippen LogP contribution in [0.15, 0.2) is 69.5 Å². The van der Waals surface area contributed by atoms with Crippen molar-refractivity contribution in [2.75, 3.05) is 5.01 Å². The van der Waals surface area contributed by atoms with Gasteiger partial charge in [-0.3, -0.25) is 9.59 Å². The van der Waals surface area contributed by atoms with Crippen LogP contribution in [0.3, 0.4) is 0 Å². The molecule has 1 N–H and O–H groups in total. The Morgan fingerprint density at radius 3 is 2.59 bits per heavy atom. The highest BCUT2D eigenvalue weighted by atomic mass is 79.9. The zero-order valence-corrected chi connectivity index (χ0v) is 15.8. The second-order valence-corrected chi connectivity index (χ2v) is 7.10. The van der Waals surface area contributed by atoms with E-state index < -0.39 is 5.92 Å². The SMILES string of the molecule is CC(=O)C1=NN2C(=C(C#N)C1c1ccc(Br)cc1)NC(=O)c1ccccc12. The van der Waals surface area contributed by atoms with E-state index in [0.29, 0.717) is 17.1 Å². The molecular formula is C20H13BrN4O2. The van der Waals surface area contributed by atoms with Gasteiger partial charge in [0.1, 0.15) is 11.5 Å². The van der Waals surface area contributed by atoms with Gasteiger partial charge >= 0.3 is 0 Å². The molecule has 27 heavy (non-hydrogen) atoms. The largest absolute Gasteiger partial charge is 0.306 e. The number of nitriles is 1. The van der Waals surface area contributed by atoms with Gasteiger partial charge in [0.05, 0.1) is 28.8 Å². The number of para-hydroxylation sites is 1. The second kappa shape index (κ2) is 6.49. The molecule has 1 amide bonds. The second-order valence-electron chi connectivity index (χ2n) is 6.18. The molecule has 2 aromatic rings. The first kappa shape index (κ1) is 17.2. The van der Waals surface area contributed by atoms with Gasteiger partial charge in [0.2, 0.25) is 0 Å². The van der Waals surface area contributed by atoms with Crippen LogP contribution < -0.4 is 10.3 Å². The molecule has 0 bridgehead atoms. The average Bonchev–Trinajstić information content (AvgIpc) is 2.67. The van der Waals surface area contributed by atoms with Crippen molar-refractivity contribution >= 4 is 39.0 Å². The molecule has 2 aliphatic heterocycles. The summed E-state index contributed by atoms with van der Waals surface area (Å²) in [6.45, 7) is 1.43. The first-order valence-electron chi connectivity index (χ1n) is 8.21. The molecule has 0 saturated heterocycles. The number of Topliss-reactive ketones (excluding diaryl/α,β-unsaturated/α-hetero) is 1. The lowest BCUT2D eigenvalue weighted by molar-refractivity contribution is -0.111. The van der Waals surface area contributed by atoms with Crippen LogP contribution in [0.5, 0.6) is 0 Å². The number of nitrogens with zero attached hydrogens (tertiary/aromatic N) is 3. The monoisotopic (exact) mass is 420 g/mol. The molecule has 2 heterocycles. The van der Waals surface area contributed by atoms with Crippen molar-refractivity contribution in [3.63, 3.8) is 0 Å². The minimum absolute atomic E-state index is 0.232. The fourth-order valence-corrected chi connectivity index (χ4v) is 3.56. The number of allylic oxidation sites excluding steroid dienone is 1. The molecule has 0 aliphatic carbocycles. The number of fused-ring (bicyclic) bond motifs is 3. The molecule has 2 aliphatic rings. The summed E-state index contributed by atoms with van der Waals surface area (Å²) in [6, 6.07) is 16.5. The smallest absolute Gasteiger partial charge is 0.259 e. The lowest BCUT2D eigenvalue weighted by atomic mass is 9.84. The molecule has 1 unspecified atom stereocenters. The predicted molar refractivity (Wildman–Crippen MR) is 104 cm³/mol. The summed E-state index contributed by atoms with van der Waals surface area (Å²) in [4.78, 5) is 24.9. The van der Waals surface area contributed by atoms with E-state index in [9.17, 15) is 14.9 Å². The first-order chi connectivity index (χ1) is 13.0. The van der Waals surface area contributed by atoms with Crippen LogP contribution in [0.25, 0.3) is 0 Å². The van der Waals surface area contributed by atoms with Gasteiger partial charge in [0, 0.05) is 11.4 Å². The molecule has 0 radical (unpaired) electrons. The minimum Gasteiger partial charge on any atom is -0.306 e. The van der Waals surface area contributed by atoms with Crippen molar-refractivity contribution in [2.24, 2.45) is 5.10 Å². The molecule has 0 fully saturated rings. The van der Waals surface area contributed by atoms with Gasteiger partial charge in [0.25, 0.3) is 5.91 Å². The van der Waals surface area contributed by atoms with Crippen molar-refractivity contribution in [1.82, 2.24) is 5.32 Å². The number of hydrogen-bond acceptors (Lipinski definition) is 5. The molecule has 0 aromatic heterocycles. The van der Waals surface area contributed by atoms with Gasteiger partial charge < -0.3 is 5.32 Å². The average molecular weight is 421 g/mol. The lowest BCUT2D eigenvalue weighted by Crippen LogP contribution is -2.44. The Balaban J connectivity index is 1.96. The molecule has 132 valence electrons. The number of halogens is 1. The predicted octanol–water partition coefficient (Wildman–Crippen LogP) is 3.48. The fourth-order valence-electron chi connectivity index (χ4n) is 3.29. The Kier molecular flexibility index (Phi) is 4.13. The normalized spacial score (nSPS) is 18.1. The number of anilines is 1. The fraction of sp³-hybridized carbons (Fsp3) is 0.100. The van der Waals surface area contributed by atoms with E-state index in [1.165, 1.54) is 11.9 Å². The zero-order chi connectivity index (χ0) is 19.1. The maximum absolute atomic E-state index is 12.5. The van der Waals surface area contributed by atoms with E-state index in [4.69, 9.17) is 0 Å². The number of benzene rings is 2. The molecule has 1 atom stereocenters. The van der Waals surface area contributed by atoms with E-state index in [0.717, 1.165) is 10.0 Å². The van der Waals surface area contributed by atoms with E-state index in [2.05, 4.69) is 32.4 Å². The van der Waals surface area contributed by atoms with Crippen molar-refractivity contribution in [3.8, 4) is 6.07 Å². The van der Waals surface area contributed by atoms with Gasteiger partial charge in [-0.2, -0.15) is 10.4 Å². The summed E-state index contributed by atoms with van der Waals surface area (Å²) in [7, 11) is 0. The molecular weight excluding hydrogens is 408 g/mol. The van der Waals surface area contributed by atoms with Crippen LogP contribution in [-0.4, -0.2) is 17.4 Å². The Morgan fingerprint density at radius 1 is 1.22 bits per heavy atom. The third-order valence-electron chi connectivity index (χ3n) is 4.53. The van der Waals surface area contributed by atoms with Crippen LogP contribution in [-0.2, 0) is 4.79 Å². The molecule has 0 spiro atoms. The quantitative estimate of drug-likeness (QED) is 0.805. The van der Waals surface area contributed by atoms with Gasteiger partial charge in [-0.25, -0.2) is 5.01 Å². The molecule has 2 aromatic carbocycles. The Morgan fingerprint density at radius 2 is 1.93 bits per heavy atom. The third-order valence-corrected chi connectivity index (χ3v) is 5.06. The Bertz CT molecular complexity index is 1080. The number of carbonyl (C=O) groups excluding carboxylic acids is 2. The van der Waals surface area contributed by atoms with Gasteiger partial charge in [-0.05, 0) is 29.8 Å². The molecule has 6 nitrogen and oxygen atoms in total. The van der Waals surface area contributed by atoms with Crippen LogP contribution in [0.1, 0.15) is 28.8 Å². The summed E-state index contributed by atoms with van der Waals surface area (Å²) in [5, 5.41) is 18.6. The van der Waals surface area contributed by atoms with E-state index in [1.54, 1.807) is 24.3 Å². The number of hydrogen-bond donors (Lipinski definition) is 1. The molecule has 0 saturated carbocycles. The summed E-state index contributed by atoms with van der Waals surface area (Å²) in [6.07, 6.45) is 0. The molecule has 4 rings (SSSR count). The summed E-state index contributed by atoms with van der Waals surface area (Å²) >= 11 is 3.39. The summed E-state index contributed by atoms with van der Waals surface area (Å²) in [5.74, 6) is -0.888. The van der Waals surface area contributed by atoms with Crippen LogP contribution in [0.2, 0.25) is 0 Å². The number of rotatable bonds is 2. The van der Waals surface area contributed by atoms with Crippen molar-refractivity contribution in [2.45, 2.75) is 12.8 Å². The van der Waals surface area contributed by atoms with E-state index in [-0.39, 0.29) is 23.0 Å². The topological polar surface area (TPSA) is 85.6 Å². The van der Waals surface area contributed by atoms with Crippen LogP contribution >= 0.6 is 15.9 Å². The highest BCUT2D eigenvalue weighted by Crippen LogP contribution is 2.38. The van der Waals surface area contributed by atoms with Gasteiger partial charge in [0.15, 0.2) is 5.78 Å². The number of carbonyl (C=O) groups is 2. The van der Waals surface area contributed by atoms with Gasteiger partial charge in [-0.15, -0.1) is 0 Å². The number of amides is 1. The highest BCUT2D eigenvalue weighted by Gasteiger charge is 2.39. The summed E-state index contributed by atoms with van der Waals surface area (Å²) in [5.41, 5.74) is 2.26. The molecule has 7 heteroatoms. The lowest BCUT2D eigenvalue weighted by Gasteiger charge is -2.36. The summed E-state index contributed by atoms with van der Waals surface area (Å²) < 4.78 is 0.885. The number of hydrazone groups is 1.